The average molecular weight is 480 g/mol. The van der Waals surface area contributed by atoms with Crippen molar-refractivity contribution in [2.24, 2.45) is 0 Å². The van der Waals surface area contributed by atoms with Crippen LogP contribution in [0.3, 0.4) is 0 Å². The lowest BCUT2D eigenvalue weighted by molar-refractivity contribution is -0.112. The summed E-state index contributed by atoms with van der Waals surface area (Å²) in [5.74, 6) is -0.244. The molecule has 182 valence electrons. The van der Waals surface area contributed by atoms with E-state index in [1.807, 2.05) is 49.4 Å². The van der Waals surface area contributed by atoms with Crippen LogP contribution in [0.25, 0.3) is 6.08 Å². The van der Waals surface area contributed by atoms with Gasteiger partial charge in [-0.1, -0.05) is 68.3 Å². The van der Waals surface area contributed by atoms with Crippen molar-refractivity contribution in [3.8, 4) is 0 Å². The maximum Gasteiger partial charge on any atom is 0.262 e. The molecule has 0 bridgehead atoms. The number of carbonyl (C=O) groups excluding carboxylic acids is 2. The van der Waals surface area contributed by atoms with Gasteiger partial charge in [0.2, 0.25) is 0 Å². The number of amides is 2. The molecular weight excluding hydrogens is 442 g/mol. The third-order valence-corrected chi connectivity index (χ3v) is 7.00. The van der Waals surface area contributed by atoms with Gasteiger partial charge in [-0.3, -0.25) is 9.59 Å². The molecule has 1 aliphatic rings. The molecule has 0 saturated carbocycles. The highest BCUT2D eigenvalue weighted by Crippen LogP contribution is 2.39. The zero-order valence-corrected chi connectivity index (χ0v) is 21.5. The second-order valence-corrected chi connectivity index (χ2v) is 9.93. The molecule has 0 radical (unpaired) electrons. The largest absolute Gasteiger partial charge is 0.352 e. The van der Waals surface area contributed by atoms with E-state index in [0.717, 1.165) is 36.5 Å². The molecule has 1 aliphatic heterocycles. The van der Waals surface area contributed by atoms with Gasteiger partial charge in [0.25, 0.3) is 11.8 Å². The number of unbranched alkanes of at least 4 members (excludes halogenated alkanes) is 2. The quantitative estimate of drug-likeness (QED) is 0.285. The first-order valence-electron chi connectivity index (χ1n) is 12.4. The Balaban J connectivity index is 1.54. The van der Waals surface area contributed by atoms with Crippen molar-refractivity contribution >= 4 is 35.3 Å². The zero-order valence-electron chi connectivity index (χ0n) is 20.7. The van der Waals surface area contributed by atoms with Crippen LogP contribution >= 0.6 is 11.8 Å². The Bertz CT molecular complexity index is 993. The summed E-state index contributed by atoms with van der Waals surface area (Å²) in [6.45, 7) is 10.4. The summed E-state index contributed by atoms with van der Waals surface area (Å²) in [6, 6.07) is 13.6. The molecule has 2 aromatic carbocycles. The monoisotopic (exact) mass is 479 g/mol. The van der Waals surface area contributed by atoms with Crippen LogP contribution in [0, 0.1) is 6.92 Å². The van der Waals surface area contributed by atoms with Crippen molar-refractivity contribution in [1.82, 2.24) is 10.2 Å². The highest BCUT2D eigenvalue weighted by molar-refractivity contribution is 8.04. The summed E-state index contributed by atoms with van der Waals surface area (Å²) in [7, 11) is 0. The highest BCUT2D eigenvalue weighted by Gasteiger charge is 2.22. The SMILES string of the molecule is CCCCN(CCCC)CCCNC(=O)c1ccc2c(c1)NC(=O)/C(=C\c1ccc(C)cc1)S2. The van der Waals surface area contributed by atoms with Gasteiger partial charge in [0.05, 0.1) is 10.6 Å². The van der Waals surface area contributed by atoms with Crippen molar-refractivity contribution in [1.29, 1.82) is 0 Å². The van der Waals surface area contributed by atoms with Crippen molar-refractivity contribution in [2.75, 3.05) is 31.5 Å². The standard InChI is InChI=1S/C28H37N3O2S/c1-4-6-16-31(17-7-5-2)18-8-15-29-27(32)23-13-14-25-24(20-23)30-28(33)26(34-25)19-22-11-9-21(3)10-12-22/h9-14,19-20H,4-8,15-18H2,1-3H3,(H,29,32)(H,30,33)/b26-19+. The van der Waals surface area contributed by atoms with E-state index in [1.165, 1.54) is 43.0 Å². The molecule has 5 nitrogen and oxygen atoms in total. The number of fused-ring (bicyclic) bond motifs is 1. The predicted molar refractivity (Wildman–Crippen MR) is 143 cm³/mol. The van der Waals surface area contributed by atoms with Crippen molar-refractivity contribution in [2.45, 2.75) is 57.8 Å². The number of nitrogens with zero attached hydrogens (tertiary/aromatic N) is 1. The van der Waals surface area contributed by atoms with E-state index in [1.54, 1.807) is 6.07 Å². The van der Waals surface area contributed by atoms with Crippen molar-refractivity contribution < 1.29 is 9.59 Å². The summed E-state index contributed by atoms with van der Waals surface area (Å²) >= 11 is 1.43. The molecule has 0 aliphatic carbocycles. The molecule has 0 fully saturated rings. The molecule has 0 aromatic heterocycles. The molecule has 0 saturated heterocycles. The number of nitrogens with one attached hydrogen (secondary N) is 2. The van der Waals surface area contributed by atoms with Crippen LogP contribution in [0.5, 0.6) is 0 Å². The first-order chi connectivity index (χ1) is 16.5. The topological polar surface area (TPSA) is 61.4 Å². The first-order valence-corrected chi connectivity index (χ1v) is 13.2. The maximum atomic E-state index is 12.7. The molecule has 2 aromatic rings. The van der Waals surface area contributed by atoms with Gasteiger partial charge in [-0.25, -0.2) is 0 Å². The number of rotatable bonds is 12. The lowest BCUT2D eigenvalue weighted by Gasteiger charge is -2.22. The van der Waals surface area contributed by atoms with E-state index >= 15 is 0 Å². The van der Waals surface area contributed by atoms with Crippen LogP contribution in [0.1, 0.15) is 67.4 Å². The number of anilines is 1. The molecule has 34 heavy (non-hydrogen) atoms. The minimum absolute atomic E-state index is 0.100. The van der Waals surface area contributed by atoms with Crippen LogP contribution in [0.4, 0.5) is 5.69 Å². The van der Waals surface area contributed by atoms with E-state index < -0.39 is 0 Å². The minimum Gasteiger partial charge on any atom is -0.352 e. The number of aryl methyl sites for hydroxylation is 1. The predicted octanol–water partition coefficient (Wildman–Crippen LogP) is 6.10. The molecule has 0 atom stereocenters. The Labute approximate surface area is 208 Å². The fourth-order valence-corrected chi connectivity index (χ4v) is 4.75. The third-order valence-electron chi connectivity index (χ3n) is 5.90. The Morgan fingerprint density at radius 3 is 2.35 bits per heavy atom. The van der Waals surface area contributed by atoms with Gasteiger partial charge >= 0.3 is 0 Å². The van der Waals surface area contributed by atoms with Crippen LogP contribution in [0.15, 0.2) is 52.3 Å². The Morgan fingerprint density at radius 1 is 1.00 bits per heavy atom. The Hall–Kier alpha value is -2.57. The Morgan fingerprint density at radius 2 is 1.68 bits per heavy atom. The average Bonchev–Trinajstić information content (AvgIpc) is 2.84. The lowest BCUT2D eigenvalue weighted by Crippen LogP contribution is -2.31. The molecule has 2 amide bonds. The second-order valence-electron chi connectivity index (χ2n) is 8.84. The highest BCUT2D eigenvalue weighted by atomic mass is 32.2. The van der Waals surface area contributed by atoms with Gasteiger partial charge in [-0.15, -0.1) is 0 Å². The van der Waals surface area contributed by atoms with Gasteiger partial charge in [0.1, 0.15) is 0 Å². The molecule has 1 heterocycles. The molecule has 0 spiro atoms. The summed E-state index contributed by atoms with van der Waals surface area (Å²) < 4.78 is 0. The number of hydrogen-bond donors (Lipinski definition) is 2. The van der Waals surface area contributed by atoms with Crippen LogP contribution in [-0.4, -0.2) is 42.9 Å². The maximum absolute atomic E-state index is 12.7. The zero-order chi connectivity index (χ0) is 24.3. The van der Waals surface area contributed by atoms with Crippen LogP contribution < -0.4 is 10.6 Å². The van der Waals surface area contributed by atoms with E-state index in [2.05, 4.69) is 29.4 Å². The summed E-state index contributed by atoms with van der Waals surface area (Å²) in [4.78, 5) is 29.4. The van der Waals surface area contributed by atoms with Crippen LogP contribution in [-0.2, 0) is 4.79 Å². The normalized spacial score (nSPS) is 14.2. The summed E-state index contributed by atoms with van der Waals surface area (Å²) in [5, 5.41) is 5.98. The second kappa shape index (κ2) is 13.4. The first kappa shape index (κ1) is 26.0. The molecule has 3 rings (SSSR count). The van der Waals surface area contributed by atoms with Gasteiger partial charge in [-0.05, 0) is 75.7 Å². The third kappa shape index (κ3) is 7.74. The van der Waals surface area contributed by atoms with E-state index in [9.17, 15) is 9.59 Å². The van der Waals surface area contributed by atoms with Crippen molar-refractivity contribution in [3.05, 3.63) is 64.1 Å². The minimum atomic E-state index is -0.144. The van der Waals surface area contributed by atoms with Gasteiger partial charge < -0.3 is 15.5 Å². The number of carbonyl (C=O) groups is 2. The van der Waals surface area contributed by atoms with Gasteiger partial charge in [-0.2, -0.15) is 0 Å². The molecule has 0 unspecified atom stereocenters. The summed E-state index contributed by atoms with van der Waals surface area (Å²) in [5.41, 5.74) is 3.43. The van der Waals surface area contributed by atoms with Gasteiger partial charge in [0.15, 0.2) is 0 Å². The number of benzene rings is 2. The van der Waals surface area contributed by atoms with E-state index in [-0.39, 0.29) is 11.8 Å². The summed E-state index contributed by atoms with van der Waals surface area (Å²) in [6.07, 6.45) is 7.68. The van der Waals surface area contributed by atoms with Crippen molar-refractivity contribution in [3.63, 3.8) is 0 Å². The molecule has 6 heteroatoms. The molecule has 2 N–H and O–H groups in total. The van der Waals surface area contributed by atoms with E-state index in [4.69, 9.17) is 0 Å². The van der Waals surface area contributed by atoms with Crippen LogP contribution in [0.2, 0.25) is 0 Å². The smallest absolute Gasteiger partial charge is 0.262 e. The lowest BCUT2D eigenvalue weighted by atomic mass is 10.1. The van der Waals surface area contributed by atoms with E-state index in [0.29, 0.717) is 22.7 Å². The Kier molecular flexibility index (Phi) is 10.2. The number of thioether (sulfide) groups is 1. The fourth-order valence-electron chi connectivity index (χ4n) is 3.82. The number of hydrogen-bond acceptors (Lipinski definition) is 4. The fraction of sp³-hybridized carbons (Fsp3) is 0.429. The van der Waals surface area contributed by atoms with Gasteiger partial charge in [0, 0.05) is 17.0 Å². The molecular formula is C28H37N3O2S.